The number of benzene rings is 11. The van der Waals surface area contributed by atoms with Crippen molar-refractivity contribution in [3.05, 3.63) is 206 Å². The van der Waals surface area contributed by atoms with Gasteiger partial charge in [-0.3, -0.25) is 4.57 Å². The molecule has 0 radical (unpaired) electrons. The lowest BCUT2D eigenvalue weighted by molar-refractivity contribution is 1.02. The zero-order valence-corrected chi connectivity index (χ0v) is 33.4. The summed E-state index contributed by atoms with van der Waals surface area (Å²) in [6.07, 6.45) is 0. The van der Waals surface area contributed by atoms with Crippen LogP contribution in [0.5, 0.6) is 0 Å². The Bertz CT molecular complexity index is 4180. The van der Waals surface area contributed by atoms with Gasteiger partial charge in [-0.25, -0.2) is 9.97 Å². The van der Waals surface area contributed by atoms with Crippen LogP contribution in [0.25, 0.3) is 131 Å². The van der Waals surface area contributed by atoms with Crippen molar-refractivity contribution < 1.29 is 0 Å². The first-order valence-electron chi connectivity index (χ1n) is 21.2. The molecule has 0 N–H and O–H groups in total. The zero-order valence-electron chi connectivity index (χ0n) is 33.4. The van der Waals surface area contributed by atoms with E-state index in [1.54, 1.807) is 0 Å². The number of para-hydroxylation sites is 2. The molecule has 0 saturated heterocycles. The van der Waals surface area contributed by atoms with Gasteiger partial charge in [-0.15, -0.1) is 0 Å². The summed E-state index contributed by atoms with van der Waals surface area (Å²) in [7, 11) is 0. The van der Waals surface area contributed by atoms with Gasteiger partial charge in [0.15, 0.2) is 0 Å². The Morgan fingerprint density at radius 2 is 0.855 bits per heavy atom. The Balaban J connectivity index is 1.14. The number of hydrogen-bond acceptors (Lipinski definition) is 2. The second-order valence-electron chi connectivity index (χ2n) is 16.5. The maximum absolute atomic E-state index is 5.70. The van der Waals surface area contributed by atoms with Crippen LogP contribution < -0.4 is 0 Å². The Kier molecular flexibility index (Phi) is 6.80. The summed E-state index contributed by atoms with van der Waals surface area (Å²) in [5.41, 5.74) is 8.46. The monoisotopic (exact) mass is 786 g/mol. The highest BCUT2D eigenvalue weighted by molar-refractivity contribution is 6.36. The lowest BCUT2D eigenvalue weighted by Crippen LogP contribution is -2.04. The molecule has 4 nitrogen and oxygen atoms in total. The van der Waals surface area contributed by atoms with Crippen molar-refractivity contribution in [2.24, 2.45) is 0 Å². The first-order chi connectivity index (χ1) is 30.8. The summed E-state index contributed by atoms with van der Waals surface area (Å²) in [6, 6.07) is 74.9. The van der Waals surface area contributed by atoms with E-state index in [1.165, 1.54) is 70.2 Å². The molecule has 286 valence electrons. The van der Waals surface area contributed by atoms with Crippen LogP contribution in [-0.2, 0) is 0 Å². The van der Waals surface area contributed by atoms with Gasteiger partial charge in [0.1, 0.15) is 0 Å². The maximum atomic E-state index is 5.70. The van der Waals surface area contributed by atoms with Crippen molar-refractivity contribution in [1.29, 1.82) is 0 Å². The van der Waals surface area contributed by atoms with Crippen molar-refractivity contribution in [2.45, 2.75) is 0 Å². The molecule has 11 aromatic carbocycles. The first-order valence-corrected chi connectivity index (χ1v) is 21.2. The van der Waals surface area contributed by atoms with Gasteiger partial charge in [0.2, 0.25) is 5.95 Å². The summed E-state index contributed by atoms with van der Waals surface area (Å²) >= 11 is 0. The van der Waals surface area contributed by atoms with Crippen molar-refractivity contribution in [2.75, 3.05) is 0 Å². The fraction of sp³-hybridized carbons (Fsp3) is 0. The molecule has 62 heavy (non-hydrogen) atoms. The standard InChI is InChI=1S/C58H34N4/c1-2-17-39(18-3-1)61-50-25-13-12-23-44(50)45-28-27-38(34-52(45)61)56-48-29-26-35-14-6-7-19-40(35)57(48)60-58(59-56)62-51-31-30-47-43-22-9-8-20-41(43)42-21-10-11-24-46(42)54(47)55(51)49-32-36-15-4-5-16-37(36)33-53(49)62/h1-34H. The second kappa shape index (κ2) is 12.6. The third-order valence-electron chi connectivity index (χ3n) is 13.2. The van der Waals surface area contributed by atoms with E-state index >= 15 is 0 Å². The van der Waals surface area contributed by atoms with E-state index in [0.717, 1.165) is 55.2 Å². The van der Waals surface area contributed by atoms with Gasteiger partial charge in [0, 0.05) is 49.0 Å². The largest absolute Gasteiger partial charge is 0.309 e. The molecule has 14 rings (SSSR count). The van der Waals surface area contributed by atoms with Crippen molar-refractivity contribution in [3.63, 3.8) is 0 Å². The van der Waals surface area contributed by atoms with E-state index in [0.29, 0.717) is 5.95 Å². The maximum Gasteiger partial charge on any atom is 0.235 e. The summed E-state index contributed by atoms with van der Waals surface area (Å²) in [5, 5.41) is 18.0. The highest BCUT2D eigenvalue weighted by Gasteiger charge is 2.23. The summed E-state index contributed by atoms with van der Waals surface area (Å²) in [5.74, 6) is 0.646. The number of nitrogens with zero attached hydrogens (tertiary/aromatic N) is 4. The third kappa shape index (κ3) is 4.61. The molecule has 0 aliphatic heterocycles. The van der Waals surface area contributed by atoms with E-state index < -0.39 is 0 Å². The first kappa shape index (κ1) is 33.5. The fourth-order valence-corrected chi connectivity index (χ4v) is 10.5. The third-order valence-corrected chi connectivity index (χ3v) is 13.2. The molecule has 0 unspecified atom stereocenters. The smallest absolute Gasteiger partial charge is 0.235 e. The Morgan fingerprint density at radius 1 is 0.290 bits per heavy atom. The number of hydrogen-bond donors (Lipinski definition) is 0. The average Bonchev–Trinajstić information content (AvgIpc) is 3.85. The molecule has 0 aliphatic rings. The quantitative estimate of drug-likeness (QED) is 0.167. The van der Waals surface area contributed by atoms with Crippen LogP contribution in [-0.4, -0.2) is 19.1 Å². The van der Waals surface area contributed by atoms with Crippen LogP contribution in [0, 0.1) is 0 Å². The second-order valence-corrected chi connectivity index (χ2v) is 16.5. The number of fused-ring (bicyclic) bond motifs is 17. The Hall–Kier alpha value is -8.34. The minimum Gasteiger partial charge on any atom is -0.309 e. The van der Waals surface area contributed by atoms with Gasteiger partial charge >= 0.3 is 0 Å². The van der Waals surface area contributed by atoms with Crippen molar-refractivity contribution >= 4 is 108 Å². The highest BCUT2D eigenvalue weighted by Crippen LogP contribution is 2.45. The molecule has 0 bridgehead atoms. The molecule has 0 amide bonds. The van der Waals surface area contributed by atoms with Crippen LogP contribution in [0.4, 0.5) is 0 Å². The van der Waals surface area contributed by atoms with Crippen molar-refractivity contribution in [3.8, 4) is 22.9 Å². The van der Waals surface area contributed by atoms with Crippen LogP contribution in [0.3, 0.4) is 0 Å². The van der Waals surface area contributed by atoms with Gasteiger partial charge in [0.25, 0.3) is 0 Å². The van der Waals surface area contributed by atoms with Gasteiger partial charge in [-0.1, -0.05) is 158 Å². The molecule has 0 saturated carbocycles. The summed E-state index contributed by atoms with van der Waals surface area (Å²) in [4.78, 5) is 11.3. The minimum absolute atomic E-state index is 0.646. The van der Waals surface area contributed by atoms with Crippen LogP contribution in [0.2, 0.25) is 0 Å². The minimum atomic E-state index is 0.646. The van der Waals surface area contributed by atoms with E-state index in [4.69, 9.17) is 9.97 Å². The molecule has 4 heteroatoms. The van der Waals surface area contributed by atoms with Crippen LogP contribution in [0.1, 0.15) is 0 Å². The SMILES string of the molecule is c1ccc(-n2c3ccccc3c3ccc(-c4nc(-n5c6cc7ccccc7cc6c6c7c8ccccc8c8ccccc8c7ccc65)nc5c4ccc4ccccc45)cc32)cc1. The molecule has 3 aromatic heterocycles. The van der Waals surface area contributed by atoms with Crippen LogP contribution >= 0.6 is 0 Å². The van der Waals surface area contributed by atoms with Gasteiger partial charge in [-0.05, 0) is 91.6 Å². The Labute approximate surface area is 355 Å². The van der Waals surface area contributed by atoms with E-state index in [9.17, 15) is 0 Å². The summed E-state index contributed by atoms with van der Waals surface area (Å²) in [6.45, 7) is 0. The molecule has 0 fully saturated rings. The van der Waals surface area contributed by atoms with E-state index in [2.05, 4.69) is 215 Å². The van der Waals surface area contributed by atoms with Crippen LogP contribution in [0.15, 0.2) is 206 Å². The molecular weight excluding hydrogens is 753 g/mol. The molecule has 3 heterocycles. The molecule has 0 aliphatic carbocycles. The van der Waals surface area contributed by atoms with Gasteiger partial charge in [0.05, 0.1) is 33.3 Å². The lowest BCUT2D eigenvalue weighted by atomic mass is 9.91. The van der Waals surface area contributed by atoms with Crippen molar-refractivity contribution in [1.82, 2.24) is 19.1 Å². The van der Waals surface area contributed by atoms with E-state index in [1.807, 2.05) is 0 Å². The normalized spacial score (nSPS) is 12.2. The van der Waals surface area contributed by atoms with Gasteiger partial charge < -0.3 is 4.57 Å². The Morgan fingerprint density at radius 3 is 1.65 bits per heavy atom. The predicted octanol–water partition coefficient (Wildman–Crippen LogP) is 15.3. The fourth-order valence-electron chi connectivity index (χ4n) is 10.5. The number of rotatable bonds is 3. The zero-order chi connectivity index (χ0) is 40.5. The molecule has 14 aromatic rings. The average molecular weight is 787 g/mol. The topological polar surface area (TPSA) is 35.6 Å². The molecule has 0 spiro atoms. The lowest BCUT2D eigenvalue weighted by Gasteiger charge is -2.15. The predicted molar refractivity (Wildman–Crippen MR) is 261 cm³/mol. The highest BCUT2D eigenvalue weighted by atomic mass is 15.2. The number of aromatic nitrogens is 4. The summed E-state index contributed by atoms with van der Waals surface area (Å²) < 4.78 is 4.70. The van der Waals surface area contributed by atoms with E-state index in [-0.39, 0.29) is 0 Å². The van der Waals surface area contributed by atoms with Gasteiger partial charge in [-0.2, -0.15) is 0 Å². The molecule has 0 atom stereocenters. The molecular formula is C58H34N4.